The van der Waals surface area contributed by atoms with Gasteiger partial charge in [0.25, 0.3) is 0 Å². The summed E-state index contributed by atoms with van der Waals surface area (Å²) >= 11 is 0. The van der Waals surface area contributed by atoms with Gasteiger partial charge in [0, 0.05) is 6.61 Å². The molecular weight excluding hydrogens is 220 g/mol. The molecule has 0 saturated heterocycles. The first-order valence-electron chi connectivity index (χ1n) is 7.42. The third kappa shape index (κ3) is 6.20. The summed E-state index contributed by atoms with van der Waals surface area (Å²) in [7, 11) is 0. The number of unbranched alkanes of at least 4 members (excludes halogenated alkanes) is 4. The third-order valence-electron chi connectivity index (χ3n) is 3.58. The zero-order valence-corrected chi connectivity index (χ0v) is 12.0. The van der Waals surface area contributed by atoms with Gasteiger partial charge in [-0.1, -0.05) is 68.9 Å². The Morgan fingerprint density at radius 1 is 1.11 bits per heavy atom. The Morgan fingerprint density at radius 3 is 2.56 bits per heavy atom. The van der Waals surface area contributed by atoms with Crippen LogP contribution in [0.25, 0.3) is 0 Å². The fourth-order valence-electron chi connectivity index (χ4n) is 2.47. The van der Waals surface area contributed by atoms with Crippen LogP contribution in [0.5, 0.6) is 0 Å². The number of aliphatic hydroxyl groups excluding tert-OH is 1. The van der Waals surface area contributed by atoms with E-state index in [1.807, 2.05) is 0 Å². The molecule has 0 aromatic heterocycles. The molecule has 1 nitrogen and oxygen atoms in total. The molecule has 1 aromatic carbocycles. The lowest BCUT2D eigenvalue weighted by atomic mass is 9.93. The number of hydrogen-bond donors (Lipinski definition) is 1. The highest BCUT2D eigenvalue weighted by atomic mass is 16.3. The van der Waals surface area contributed by atoms with Crippen molar-refractivity contribution in [2.45, 2.75) is 58.8 Å². The summed E-state index contributed by atoms with van der Waals surface area (Å²) in [5.41, 5.74) is 2.68. The van der Waals surface area contributed by atoms with Gasteiger partial charge in [0.05, 0.1) is 0 Å². The molecule has 1 N–H and O–H groups in total. The Morgan fingerprint density at radius 2 is 1.89 bits per heavy atom. The minimum absolute atomic E-state index is 0.321. The van der Waals surface area contributed by atoms with E-state index in [4.69, 9.17) is 0 Å². The van der Waals surface area contributed by atoms with Crippen molar-refractivity contribution >= 4 is 0 Å². The van der Waals surface area contributed by atoms with Gasteiger partial charge < -0.3 is 5.11 Å². The van der Waals surface area contributed by atoms with E-state index in [0.29, 0.717) is 12.5 Å². The zero-order chi connectivity index (χ0) is 13.2. The van der Waals surface area contributed by atoms with Crippen molar-refractivity contribution in [3.63, 3.8) is 0 Å². The first-order chi connectivity index (χ1) is 8.76. The fourth-order valence-corrected chi connectivity index (χ4v) is 2.47. The lowest BCUT2D eigenvalue weighted by Gasteiger charge is -2.14. The average Bonchev–Trinajstić information content (AvgIpc) is 2.37. The first-order valence-corrected chi connectivity index (χ1v) is 7.42. The zero-order valence-electron chi connectivity index (χ0n) is 12.0. The quantitative estimate of drug-likeness (QED) is 0.638. The van der Waals surface area contributed by atoms with E-state index >= 15 is 0 Å². The largest absolute Gasteiger partial charge is 0.396 e. The van der Waals surface area contributed by atoms with Crippen molar-refractivity contribution in [3.05, 3.63) is 35.4 Å². The van der Waals surface area contributed by atoms with E-state index < -0.39 is 0 Å². The highest BCUT2D eigenvalue weighted by molar-refractivity contribution is 5.22. The molecule has 18 heavy (non-hydrogen) atoms. The maximum Gasteiger partial charge on any atom is 0.0462 e. The second kappa shape index (κ2) is 9.16. The van der Waals surface area contributed by atoms with Gasteiger partial charge in [-0.25, -0.2) is 0 Å². The minimum Gasteiger partial charge on any atom is -0.396 e. The molecule has 0 aliphatic heterocycles. The molecule has 0 aliphatic carbocycles. The number of benzene rings is 1. The van der Waals surface area contributed by atoms with Gasteiger partial charge in [-0.05, 0) is 31.2 Å². The summed E-state index contributed by atoms with van der Waals surface area (Å²) in [6.45, 7) is 4.69. The second-order valence-corrected chi connectivity index (χ2v) is 5.44. The molecule has 0 amide bonds. The molecular formula is C17H28O. The Labute approximate surface area is 112 Å². The van der Waals surface area contributed by atoms with Crippen molar-refractivity contribution in [3.8, 4) is 0 Å². The van der Waals surface area contributed by atoms with Crippen LogP contribution >= 0.6 is 0 Å². The Balaban J connectivity index is 2.28. The normalized spacial score (nSPS) is 12.6. The third-order valence-corrected chi connectivity index (χ3v) is 3.58. The molecule has 0 radical (unpaired) electrons. The Kier molecular flexibility index (Phi) is 7.75. The predicted molar refractivity (Wildman–Crippen MR) is 78.8 cm³/mol. The first kappa shape index (κ1) is 15.2. The number of aliphatic hydroxyl groups is 1. The van der Waals surface area contributed by atoms with Gasteiger partial charge in [-0.15, -0.1) is 0 Å². The van der Waals surface area contributed by atoms with E-state index in [1.165, 1.54) is 43.2 Å². The molecule has 102 valence electrons. The van der Waals surface area contributed by atoms with Crippen LogP contribution in [0.15, 0.2) is 24.3 Å². The summed E-state index contributed by atoms with van der Waals surface area (Å²) in [6.07, 6.45) is 8.75. The SMILES string of the molecule is CCCCCCCC(CO)Cc1cccc(C)c1. The van der Waals surface area contributed by atoms with Crippen molar-refractivity contribution in [2.24, 2.45) is 5.92 Å². The van der Waals surface area contributed by atoms with Crippen molar-refractivity contribution < 1.29 is 5.11 Å². The van der Waals surface area contributed by atoms with Crippen LogP contribution in [0.2, 0.25) is 0 Å². The lowest BCUT2D eigenvalue weighted by molar-refractivity contribution is 0.214. The molecule has 1 atom stereocenters. The maximum absolute atomic E-state index is 9.46. The lowest BCUT2D eigenvalue weighted by Crippen LogP contribution is -2.09. The van der Waals surface area contributed by atoms with Crippen molar-refractivity contribution in [1.82, 2.24) is 0 Å². The summed E-state index contributed by atoms with van der Waals surface area (Å²) in [4.78, 5) is 0. The molecule has 1 aromatic rings. The van der Waals surface area contributed by atoms with Crippen LogP contribution in [0.4, 0.5) is 0 Å². The topological polar surface area (TPSA) is 20.2 Å². The summed E-state index contributed by atoms with van der Waals surface area (Å²) in [5, 5.41) is 9.46. The van der Waals surface area contributed by atoms with Crippen LogP contribution in [-0.4, -0.2) is 11.7 Å². The fraction of sp³-hybridized carbons (Fsp3) is 0.647. The molecule has 0 fully saturated rings. The summed E-state index contributed by atoms with van der Waals surface area (Å²) in [5.74, 6) is 0.438. The van der Waals surface area contributed by atoms with Crippen molar-refractivity contribution in [1.29, 1.82) is 0 Å². The second-order valence-electron chi connectivity index (χ2n) is 5.44. The number of hydrogen-bond acceptors (Lipinski definition) is 1. The summed E-state index contributed by atoms with van der Waals surface area (Å²) in [6, 6.07) is 8.65. The smallest absolute Gasteiger partial charge is 0.0462 e. The van der Waals surface area contributed by atoms with Crippen LogP contribution in [0.1, 0.15) is 56.6 Å². The van der Waals surface area contributed by atoms with E-state index in [1.54, 1.807) is 0 Å². The predicted octanol–water partition coefficient (Wildman–Crippen LogP) is 4.51. The number of rotatable bonds is 9. The van der Waals surface area contributed by atoms with Crippen molar-refractivity contribution in [2.75, 3.05) is 6.61 Å². The van der Waals surface area contributed by atoms with Crippen LogP contribution in [0.3, 0.4) is 0 Å². The van der Waals surface area contributed by atoms with E-state index in [-0.39, 0.29) is 0 Å². The molecule has 1 heteroatoms. The minimum atomic E-state index is 0.321. The van der Waals surface area contributed by atoms with Gasteiger partial charge in [0.2, 0.25) is 0 Å². The molecule has 0 spiro atoms. The molecule has 0 saturated carbocycles. The molecule has 0 aliphatic rings. The monoisotopic (exact) mass is 248 g/mol. The Hall–Kier alpha value is -0.820. The van der Waals surface area contributed by atoms with Crippen LogP contribution in [0, 0.1) is 12.8 Å². The highest BCUT2D eigenvalue weighted by Crippen LogP contribution is 2.17. The average molecular weight is 248 g/mol. The van der Waals surface area contributed by atoms with Gasteiger partial charge in [-0.3, -0.25) is 0 Å². The van der Waals surface area contributed by atoms with Crippen LogP contribution in [-0.2, 0) is 6.42 Å². The van der Waals surface area contributed by atoms with E-state index in [2.05, 4.69) is 38.1 Å². The Bertz CT molecular complexity index is 319. The molecule has 1 unspecified atom stereocenters. The standard InChI is InChI=1S/C17H28O/c1-3-4-5-6-7-10-17(14-18)13-16-11-8-9-15(2)12-16/h8-9,11-12,17-18H,3-7,10,13-14H2,1-2H3. The van der Waals surface area contributed by atoms with Gasteiger partial charge >= 0.3 is 0 Å². The number of aryl methyl sites for hydroxylation is 1. The highest BCUT2D eigenvalue weighted by Gasteiger charge is 2.08. The molecule has 0 bridgehead atoms. The molecule has 0 heterocycles. The maximum atomic E-state index is 9.46. The van der Waals surface area contributed by atoms with Crippen LogP contribution < -0.4 is 0 Å². The van der Waals surface area contributed by atoms with Gasteiger partial charge in [0.15, 0.2) is 0 Å². The van der Waals surface area contributed by atoms with E-state index in [9.17, 15) is 5.11 Å². The van der Waals surface area contributed by atoms with E-state index in [0.717, 1.165) is 12.8 Å². The summed E-state index contributed by atoms with van der Waals surface area (Å²) < 4.78 is 0. The van der Waals surface area contributed by atoms with Gasteiger partial charge in [0.1, 0.15) is 0 Å². The van der Waals surface area contributed by atoms with Gasteiger partial charge in [-0.2, -0.15) is 0 Å². The molecule has 1 rings (SSSR count).